The van der Waals surface area contributed by atoms with Crippen molar-refractivity contribution in [2.24, 2.45) is 0 Å². The van der Waals surface area contributed by atoms with Gasteiger partial charge in [-0.1, -0.05) is 37.1 Å². The number of hydrogen-bond acceptors (Lipinski definition) is 7. The lowest BCUT2D eigenvalue weighted by molar-refractivity contribution is -0.231. The Morgan fingerprint density at radius 3 is 2.68 bits per heavy atom. The molecule has 1 saturated heterocycles. The number of thiazole rings is 1. The van der Waals surface area contributed by atoms with Crippen molar-refractivity contribution in [2.45, 2.75) is 63.1 Å². The molecule has 0 amide bonds. The first kappa shape index (κ1) is 21.6. The Balaban J connectivity index is 1.80. The Kier molecular flexibility index (Phi) is 7.44. The third kappa shape index (κ3) is 4.74. The van der Waals surface area contributed by atoms with Crippen LogP contribution in [0.1, 0.15) is 46.9 Å². The predicted molar refractivity (Wildman–Crippen MR) is 108 cm³/mol. The highest BCUT2D eigenvalue weighted by Gasteiger charge is 2.44. The first-order valence-corrected chi connectivity index (χ1v) is 10.7. The minimum Gasteiger partial charge on any atom is -0.394 e. The summed E-state index contributed by atoms with van der Waals surface area (Å²) < 4.78 is 5.64. The largest absolute Gasteiger partial charge is 0.394 e. The Morgan fingerprint density at radius 1 is 1.18 bits per heavy atom. The number of hydrogen-bond donors (Lipinski definition) is 4. The number of unbranched alkanes of at least 4 members (excludes halogenated alkanes) is 1. The number of halogens is 1. The molecule has 1 aromatic carbocycles. The van der Waals surface area contributed by atoms with Gasteiger partial charge in [0, 0.05) is 22.5 Å². The molecule has 0 aliphatic carbocycles. The zero-order valence-corrected chi connectivity index (χ0v) is 17.2. The molecular formula is C20H26ClNO5S. The van der Waals surface area contributed by atoms with Crippen LogP contribution in [0.3, 0.4) is 0 Å². The van der Waals surface area contributed by atoms with Crippen molar-refractivity contribution in [1.82, 2.24) is 4.98 Å². The number of aromatic nitrogens is 1. The minimum absolute atomic E-state index is 0.457. The van der Waals surface area contributed by atoms with Gasteiger partial charge in [0.05, 0.1) is 11.6 Å². The third-order valence-corrected chi connectivity index (χ3v) is 6.44. The molecule has 3 rings (SSSR count). The lowest BCUT2D eigenvalue weighted by atomic mass is 9.90. The van der Waals surface area contributed by atoms with Crippen molar-refractivity contribution in [3.8, 4) is 0 Å². The molecule has 2 aromatic rings. The lowest BCUT2D eigenvalue weighted by Gasteiger charge is -2.40. The molecule has 154 valence electrons. The van der Waals surface area contributed by atoms with Crippen LogP contribution in [-0.2, 0) is 17.6 Å². The van der Waals surface area contributed by atoms with E-state index in [0.717, 1.165) is 29.8 Å². The molecule has 4 N–H and O–H groups in total. The van der Waals surface area contributed by atoms with Crippen molar-refractivity contribution < 1.29 is 25.2 Å². The van der Waals surface area contributed by atoms with Crippen molar-refractivity contribution in [3.63, 3.8) is 0 Å². The second-order valence-electron chi connectivity index (χ2n) is 7.10. The Morgan fingerprint density at radius 2 is 1.96 bits per heavy atom. The minimum atomic E-state index is -1.41. The molecule has 8 heteroatoms. The monoisotopic (exact) mass is 427 g/mol. The van der Waals surface area contributed by atoms with Gasteiger partial charge in [0.15, 0.2) is 0 Å². The third-order valence-electron chi connectivity index (χ3n) is 5.01. The highest BCUT2D eigenvalue weighted by molar-refractivity contribution is 7.11. The molecular weight excluding hydrogens is 402 g/mol. The average Bonchev–Trinajstić information content (AvgIpc) is 3.14. The van der Waals surface area contributed by atoms with Gasteiger partial charge in [-0.15, -0.1) is 11.3 Å². The Bertz CT molecular complexity index is 784. The van der Waals surface area contributed by atoms with Crippen LogP contribution in [0.15, 0.2) is 24.4 Å². The highest BCUT2D eigenvalue weighted by atomic mass is 35.5. The second kappa shape index (κ2) is 9.63. The summed E-state index contributed by atoms with van der Waals surface area (Å²) in [4.78, 5) is 5.73. The lowest BCUT2D eigenvalue weighted by Crippen LogP contribution is -2.55. The van der Waals surface area contributed by atoms with E-state index >= 15 is 0 Å². The van der Waals surface area contributed by atoms with Gasteiger partial charge in [-0.2, -0.15) is 0 Å². The molecule has 1 aliphatic rings. The van der Waals surface area contributed by atoms with Crippen LogP contribution in [0.25, 0.3) is 0 Å². The first-order valence-electron chi connectivity index (χ1n) is 9.47. The predicted octanol–water partition coefficient (Wildman–Crippen LogP) is 2.24. The van der Waals surface area contributed by atoms with Crippen LogP contribution in [0.2, 0.25) is 5.02 Å². The first-order chi connectivity index (χ1) is 13.4. The maximum absolute atomic E-state index is 10.4. The number of ether oxygens (including phenoxy) is 1. The maximum atomic E-state index is 10.4. The maximum Gasteiger partial charge on any atom is 0.113 e. The van der Waals surface area contributed by atoms with Gasteiger partial charge < -0.3 is 25.2 Å². The van der Waals surface area contributed by atoms with E-state index in [9.17, 15) is 20.4 Å². The van der Waals surface area contributed by atoms with Crippen molar-refractivity contribution in [1.29, 1.82) is 0 Å². The van der Waals surface area contributed by atoms with E-state index in [2.05, 4.69) is 11.9 Å². The molecule has 0 bridgehead atoms. The standard InChI is InChI=1S/C20H26ClNO5S/c1-2-3-4-13-9-22-16(28-13)8-12-7-11(5-6-14(12)21)20-19(26)18(25)17(24)15(10-23)27-20/h5-7,9,15,17-20,23-26H,2-4,8,10H2,1H3/t15-,17-,18+,19-,20+/m1/s1. The zero-order chi connectivity index (χ0) is 20.3. The number of aliphatic hydroxyl groups excluding tert-OH is 4. The van der Waals surface area contributed by atoms with Crippen LogP contribution in [0, 0.1) is 0 Å². The summed E-state index contributed by atoms with van der Waals surface area (Å²) in [7, 11) is 0. The van der Waals surface area contributed by atoms with E-state index < -0.39 is 37.1 Å². The summed E-state index contributed by atoms with van der Waals surface area (Å²) in [6.07, 6.45) is -0.152. The van der Waals surface area contributed by atoms with Crippen LogP contribution < -0.4 is 0 Å². The fourth-order valence-corrected chi connectivity index (χ4v) is 4.52. The van der Waals surface area contributed by atoms with Gasteiger partial charge >= 0.3 is 0 Å². The normalized spacial score (nSPS) is 27.9. The van der Waals surface area contributed by atoms with Crippen molar-refractivity contribution in [2.75, 3.05) is 6.61 Å². The summed E-state index contributed by atoms with van der Waals surface area (Å²) in [6, 6.07) is 5.26. The summed E-state index contributed by atoms with van der Waals surface area (Å²) >= 11 is 8.03. The van der Waals surface area contributed by atoms with Crippen LogP contribution in [0.5, 0.6) is 0 Å². The van der Waals surface area contributed by atoms with E-state index in [1.54, 1.807) is 23.5 Å². The number of nitrogens with zero attached hydrogens (tertiary/aromatic N) is 1. The molecule has 5 atom stereocenters. The average molecular weight is 428 g/mol. The van der Waals surface area contributed by atoms with Gasteiger partial charge in [-0.3, -0.25) is 0 Å². The summed E-state index contributed by atoms with van der Waals surface area (Å²) in [5.74, 6) is 0. The zero-order valence-electron chi connectivity index (χ0n) is 15.7. The fourth-order valence-electron chi connectivity index (χ4n) is 3.34. The summed E-state index contributed by atoms with van der Waals surface area (Å²) in [6.45, 7) is 1.70. The SMILES string of the molecule is CCCCc1cnc(Cc2cc([C@@H]3O[C@H](CO)[C@@H](O)[C@H](O)[C@H]3O)ccc2Cl)s1. The molecule has 28 heavy (non-hydrogen) atoms. The van der Waals surface area contributed by atoms with Crippen molar-refractivity contribution in [3.05, 3.63) is 50.4 Å². The van der Waals surface area contributed by atoms with Crippen LogP contribution in [-0.4, -0.2) is 56.4 Å². The Labute approximate surface area is 173 Å². The quantitative estimate of drug-likeness (QED) is 0.540. The summed E-state index contributed by atoms with van der Waals surface area (Å²) in [5.41, 5.74) is 1.46. The van der Waals surface area contributed by atoms with Gasteiger partial charge in [0.2, 0.25) is 0 Å². The summed E-state index contributed by atoms with van der Waals surface area (Å²) in [5, 5.41) is 41.3. The number of aryl methyl sites for hydroxylation is 1. The van der Waals surface area contributed by atoms with E-state index in [1.807, 2.05) is 12.3 Å². The molecule has 1 aromatic heterocycles. The molecule has 1 fully saturated rings. The van der Waals surface area contributed by atoms with Gasteiger partial charge in [-0.25, -0.2) is 4.98 Å². The van der Waals surface area contributed by atoms with Crippen LogP contribution in [0.4, 0.5) is 0 Å². The fraction of sp³-hybridized carbons (Fsp3) is 0.550. The topological polar surface area (TPSA) is 103 Å². The van der Waals surface area contributed by atoms with Gasteiger partial charge in [-0.05, 0) is 30.0 Å². The van der Waals surface area contributed by atoms with Gasteiger partial charge in [0.1, 0.15) is 30.5 Å². The molecule has 0 radical (unpaired) electrons. The molecule has 0 spiro atoms. The second-order valence-corrected chi connectivity index (χ2v) is 8.71. The highest BCUT2D eigenvalue weighted by Crippen LogP contribution is 2.34. The molecule has 1 aliphatic heterocycles. The van der Waals surface area contributed by atoms with Crippen LogP contribution >= 0.6 is 22.9 Å². The molecule has 6 nitrogen and oxygen atoms in total. The number of rotatable bonds is 7. The number of aliphatic hydroxyl groups is 4. The molecule has 0 saturated carbocycles. The molecule has 2 heterocycles. The van der Waals surface area contributed by atoms with Gasteiger partial charge in [0.25, 0.3) is 0 Å². The Hall–Kier alpha value is -1.06. The van der Waals surface area contributed by atoms with E-state index in [0.29, 0.717) is 17.0 Å². The molecule has 0 unspecified atom stereocenters. The number of benzene rings is 1. The van der Waals surface area contributed by atoms with E-state index in [-0.39, 0.29) is 0 Å². The smallest absolute Gasteiger partial charge is 0.113 e. The van der Waals surface area contributed by atoms with E-state index in [4.69, 9.17) is 16.3 Å². The van der Waals surface area contributed by atoms with Crippen molar-refractivity contribution >= 4 is 22.9 Å². The van der Waals surface area contributed by atoms with E-state index in [1.165, 1.54) is 4.88 Å².